The summed E-state index contributed by atoms with van der Waals surface area (Å²) in [5.41, 5.74) is 3.03. The highest BCUT2D eigenvalue weighted by Gasteiger charge is 2.30. The van der Waals surface area contributed by atoms with E-state index in [2.05, 4.69) is 15.4 Å². The van der Waals surface area contributed by atoms with Crippen molar-refractivity contribution in [2.75, 3.05) is 5.32 Å². The molecule has 2 aromatic heterocycles. The van der Waals surface area contributed by atoms with Gasteiger partial charge in [-0.3, -0.25) is 4.79 Å². The van der Waals surface area contributed by atoms with Gasteiger partial charge in [-0.05, 0) is 68.3 Å². The van der Waals surface area contributed by atoms with Crippen LogP contribution in [0.3, 0.4) is 0 Å². The second-order valence-electron chi connectivity index (χ2n) is 7.74. The van der Waals surface area contributed by atoms with Gasteiger partial charge in [0.2, 0.25) is 0 Å². The number of aromatic nitrogens is 3. The minimum atomic E-state index is -4.50. The molecule has 6 nitrogen and oxygen atoms in total. The smallest absolute Gasteiger partial charge is 0.305 e. The van der Waals surface area contributed by atoms with E-state index in [1.807, 2.05) is 39.0 Å². The van der Waals surface area contributed by atoms with Crippen LogP contribution in [0.1, 0.15) is 38.2 Å². The van der Waals surface area contributed by atoms with Gasteiger partial charge >= 0.3 is 6.18 Å². The van der Waals surface area contributed by atoms with Gasteiger partial charge in [0.25, 0.3) is 5.91 Å². The van der Waals surface area contributed by atoms with Crippen LogP contribution >= 0.6 is 0 Å². The first kappa shape index (κ1) is 22.0. The number of nitrogens with zero attached hydrogens (tertiary/aromatic N) is 4. The van der Waals surface area contributed by atoms with E-state index in [-0.39, 0.29) is 16.9 Å². The minimum Gasteiger partial charge on any atom is -0.305 e. The molecule has 0 aliphatic heterocycles. The maximum atomic E-state index is 12.8. The van der Waals surface area contributed by atoms with Crippen LogP contribution in [0.15, 0.2) is 48.7 Å². The van der Waals surface area contributed by atoms with Crippen molar-refractivity contribution in [3.63, 3.8) is 0 Å². The molecule has 0 bridgehead atoms. The number of aryl methyl sites for hydroxylation is 3. The van der Waals surface area contributed by atoms with Gasteiger partial charge in [0.1, 0.15) is 11.6 Å². The summed E-state index contributed by atoms with van der Waals surface area (Å²) in [6.45, 7) is 5.88. The lowest BCUT2D eigenvalue weighted by Gasteiger charge is -2.13. The predicted molar refractivity (Wildman–Crippen MR) is 117 cm³/mol. The van der Waals surface area contributed by atoms with Gasteiger partial charge in [-0.25, -0.2) is 4.98 Å². The zero-order valence-corrected chi connectivity index (χ0v) is 17.9. The number of hydrogen-bond donors (Lipinski definition) is 1. The summed E-state index contributed by atoms with van der Waals surface area (Å²) >= 11 is 0. The van der Waals surface area contributed by atoms with Gasteiger partial charge in [-0.2, -0.15) is 28.2 Å². The summed E-state index contributed by atoms with van der Waals surface area (Å²) in [7, 11) is 0. The molecule has 0 saturated carbocycles. The summed E-state index contributed by atoms with van der Waals surface area (Å²) < 4.78 is 39.8. The number of nitrogens with one attached hydrogen (secondary N) is 1. The first-order valence-corrected chi connectivity index (χ1v) is 9.94. The predicted octanol–water partition coefficient (Wildman–Crippen LogP) is 5.49. The highest BCUT2D eigenvalue weighted by atomic mass is 19.4. The molecule has 0 radical (unpaired) electrons. The lowest BCUT2D eigenvalue weighted by molar-refractivity contribution is -0.137. The monoisotopic (exact) mass is 449 g/mol. The van der Waals surface area contributed by atoms with Crippen molar-refractivity contribution in [1.29, 1.82) is 5.26 Å². The van der Waals surface area contributed by atoms with Crippen molar-refractivity contribution in [2.24, 2.45) is 0 Å². The fourth-order valence-electron chi connectivity index (χ4n) is 3.65. The standard InChI is InChI=1S/C24H18F3N5O/c1-13-8-15(3)21-19(9-13)14(2)10-20(30-21)32-22(17(11-28)12-29-32)31-23(33)16-4-6-18(7-5-16)24(25,26)27/h4-10,12H,1-3H3,(H,31,33). The maximum absolute atomic E-state index is 12.8. The van der Waals surface area contributed by atoms with Crippen LogP contribution in [0.4, 0.5) is 19.0 Å². The van der Waals surface area contributed by atoms with E-state index in [0.29, 0.717) is 5.82 Å². The molecular formula is C24H18F3N5O. The molecule has 0 aliphatic rings. The van der Waals surface area contributed by atoms with Crippen LogP contribution < -0.4 is 5.32 Å². The topological polar surface area (TPSA) is 83.6 Å². The number of benzene rings is 2. The number of pyridine rings is 1. The second-order valence-corrected chi connectivity index (χ2v) is 7.74. The van der Waals surface area contributed by atoms with Crippen LogP contribution in [-0.2, 0) is 6.18 Å². The Labute approximate surface area is 187 Å². The molecule has 0 saturated heterocycles. The van der Waals surface area contributed by atoms with E-state index >= 15 is 0 Å². The molecule has 4 rings (SSSR count). The van der Waals surface area contributed by atoms with Crippen molar-refractivity contribution in [3.05, 3.63) is 82.0 Å². The summed E-state index contributed by atoms with van der Waals surface area (Å²) in [5.74, 6) is -0.194. The summed E-state index contributed by atoms with van der Waals surface area (Å²) in [4.78, 5) is 17.4. The molecule has 0 aliphatic carbocycles. The van der Waals surface area contributed by atoms with E-state index < -0.39 is 17.6 Å². The van der Waals surface area contributed by atoms with Crippen molar-refractivity contribution in [1.82, 2.24) is 14.8 Å². The van der Waals surface area contributed by atoms with Gasteiger partial charge in [0.15, 0.2) is 11.6 Å². The summed E-state index contributed by atoms with van der Waals surface area (Å²) in [6.07, 6.45) is -3.20. The average Bonchev–Trinajstić information content (AvgIpc) is 3.16. The van der Waals surface area contributed by atoms with Crippen molar-refractivity contribution in [3.8, 4) is 11.9 Å². The Kier molecular flexibility index (Phi) is 5.38. The number of nitriles is 1. The molecule has 1 N–H and O–H groups in total. The Hall–Kier alpha value is -4.19. The van der Waals surface area contributed by atoms with E-state index in [0.717, 1.165) is 51.9 Å². The second kappa shape index (κ2) is 8.06. The van der Waals surface area contributed by atoms with E-state index in [9.17, 15) is 23.2 Å². The van der Waals surface area contributed by atoms with Gasteiger partial charge in [0, 0.05) is 10.9 Å². The lowest BCUT2D eigenvalue weighted by Crippen LogP contribution is -2.17. The molecule has 9 heteroatoms. The number of carbonyl (C=O) groups excluding carboxylic acids is 1. The number of anilines is 1. The van der Waals surface area contributed by atoms with E-state index in [1.54, 1.807) is 6.07 Å². The Morgan fingerprint density at radius 1 is 1.06 bits per heavy atom. The van der Waals surface area contributed by atoms with E-state index in [1.165, 1.54) is 10.9 Å². The Balaban J connectivity index is 1.74. The SMILES string of the molecule is Cc1cc(C)c2nc(-n3ncc(C#N)c3NC(=O)c3ccc(C(F)(F)F)cc3)cc(C)c2c1. The molecular weight excluding hydrogens is 431 g/mol. The number of carbonyl (C=O) groups is 1. The third-order valence-electron chi connectivity index (χ3n) is 5.25. The third-order valence-corrected chi connectivity index (χ3v) is 5.25. The van der Waals surface area contributed by atoms with Crippen LogP contribution in [0, 0.1) is 32.1 Å². The average molecular weight is 449 g/mol. The largest absolute Gasteiger partial charge is 0.416 e. The van der Waals surface area contributed by atoms with Crippen LogP contribution in [0.5, 0.6) is 0 Å². The Morgan fingerprint density at radius 2 is 1.76 bits per heavy atom. The van der Waals surface area contributed by atoms with Gasteiger partial charge < -0.3 is 5.32 Å². The number of halogens is 3. The molecule has 0 fully saturated rings. The van der Waals surface area contributed by atoms with Gasteiger partial charge in [0.05, 0.1) is 17.3 Å². The molecule has 2 aromatic carbocycles. The zero-order chi connectivity index (χ0) is 23.9. The number of hydrogen-bond acceptors (Lipinski definition) is 4. The van der Waals surface area contributed by atoms with Crippen molar-refractivity contribution >= 4 is 22.6 Å². The van der Waals surface area contributed by atoms with Crippen molar-refractivity contribution in [2.45, 2.75) is 26.9 Å². The fraction of sp³-hybridized carbons (Fsp3) is 0.167. The van der Waals surface area contributed by atoms with Gasteiger partial charge in [-0.15, -0.1) is 0 Å². The molecule has 2 heterocycles. The quantitative estimate of drug-likeness (QED) is 0.448. The van der Waals surface area contributed by atoms with E-state index in [4.69, 9.17) is 0 Å². The van der Waals surface area contributed by atoms with Crippen molar-refractivity contribution < 1.29 is 18.0 Å². The highest BCUT2D eigenvalue weighted by Crippen LogP contribution is 2.30. The van der Waals surface area contributed by atoms with Crippen LogP contribution in [0.25, 0.3) is 16.7 Å². The molecule has 0 unspecified atom stereocenters. The van der Waals surface area contributed by atoms with Gasteiger partial charge in [-0.1, -0.05) is 11.6 Å². The number of alkyl halides is 3. The first-order valence-electron chi connectivity index (χ1n) is 9.94. The zero-order valence-electron chi connectivity index (χ0n) is 17.9. The normalized spacial score (nSPS) is 11.4. The fourth-order valence-corrected chi connectivity index (χ4v) is 3.65. The summed E-state index contributed by atoms with van der Waals surface area (Å²) in [6, 6.07) is 11.6. The van der Waals surface area contributed by atoms with Crippen LogP contribution in [0.2, 0.25) is 0 Å². The summed E-state index contributed by atoms with van der Waals surface area (Å²) in [5, 5.41) is 17.3. The molecule has 0 spiro atoms. The maximum Gasteiger partial charge on any atom is 0.416 e. The highest BCUT2D eigenvalue weighted by molar-refractivity contribution is 6.04. The molecule has 4 aromatic rings. The molecule has 166 valence electrons. The lowest BCUT2D eigenvalue weighted by atomic mass is 10.0. The third kappa shape index (κ3) is 4.15. The number of fused-ring (bicyclic) bond motifs is 1. The Bertz CT molecular complexity index is 1430. The Morgan fingerprint density at radius 3 is 2.39 bits per heavy atom. The molecule has 33 heavy (non-hydrogen) atoms. The number of rotatable bonds is 3. The van der Waals surface area contributed by atoms with Crippen LogP contribution in [-0.4, -0.2) is 20.7 Å². The molecule has 1 amide bonds. The first-order chi connectivity index (χ1) is 15.6. The minimum absolute atomic E-state index is 0.00797. The molecule has 0 atom stereocenters. The number of amides is 1.